The fourth-order valence-corrected chi connectivity index (χ4v) is 2.97. The van der Waals surface area contributed by atoms with Gasteiger partial charge in [0.05, 0.1) is 28.3 Å². The maximum atomic E-state index is 11.0. The van der Waals surface area contributed by atoms with Crippen molar-refractivity contribution in [3.8, 4) is 11.5 Å². The molecular formula is C22H19ClN4O6. The Bertz CT molecular complexity index is 1170. The number of hydrogen-bond acceptors (Lipinski definition) is 8. The van der Waals surface area contributed by atoms with Gasteiger partial charge in [-0.25, -0.2) is 9.78 Å². The molecule has 0 bridgehead atoms. The van der Waals surface area contributed by atoms with E-state index in [0.717, 1.165) is 11.8 Å². The van der Waals surface area contributed by atoms with Crippen molar-refractivity contribution < 1.29 is 24.3 Å². The summed E-state index contributed by atoms with van der Waals surface area (Å²) < 4.78 is 11.5. The number of carboxylic acid groups (broad SMARTS) is 1. The van der Waals surface area contributed by atoms with Crippen LogP contribution < -0.4 is 14.9 Å². The average molecular weight is 471 g/mol. The summed E-state index contributed by atoms with van der Waals surface area (Å²) in [6.07, 6.45) is 2.62. The minimum absolute atomic E-state index is 0.119. The topological polar surface area (TPSA) is 136 Å². The van der Waals surface area contributed by atoms with Gasteiger partial charge in [0.25, 0.3) is 5.69 Å². The van der Waals surface area contributed by atoms with Crippen LogP contribution in [0.5, 0.6) is 11.5 Å². The number of anilines is 1. The number of aromatic nitrogens is 1. The monoisotopic (exact) mass is 470 g/mol. The van der Waals surface area contributed by atoms with Crippen LogP contribution in [0.25, 0.3) is 0 Å². The first-order chi connectivity index (χ1) is 15.9. The van der Waals surface area contributed by atoms with E-state index in [1.54, 1.807) is 24.3 Å². The number of nitrogens with zero attached hydrogens (tertiary/aromatic N) is 3. The number of nitrogens with one attached hydrogen (secondary N) is 1. The molecule has 0 fully saturated rings. The quantitative estimate of drug-likeness (QED) is 0.246. The van der Waals surface area contributed by atoms with Crippen LogP contribution in [-0.2, 0) is 6.61 Å². The van der Waals surface area contributed by atoms with E-state index in [0.29, 0.717) is 34.5 Å². The van der Waals surface area contributed by atoms with E-state index in [1.165, 1.54) is 30.5 Å². The van der Waals surface area contributed by atoms with Gasteiger partial charge in [0.2, 0.25) is 0 Å². The van der Waals surface area contributed by atoms with Crippen molar-refractivity contribution in [3.05, 3.63) is 86.6 Å². The summed E-state index contributed by atoms with van der Waals surface area (Å²) in [7, 11) is 0. The molecule has 0 atom stereocenters. The molecular weight excluding hydrogens is 452 g/mol. The van der Waals surface area contributed by atoms with Crippen LogP contribution >= 0.6 is 11.6 Å². The van der Waals surface area contributed by atoms with Crippen molar-refractivity contribution in [3.63, 3.8) is 0 Å². The highest BCUT2D eigenvalue weighted by atomic mass is 35.5. The van der Waals surface area contributed by atoms with E-state index < -0.39 is 10.9 Å². The first-order valence-electron chi connectivity index (χ1n) is 9.68. The maximum Gasteiger partial charge on any atom is 0.335 e. The van der Waals surface area contributed by atoms with Crippen molar-refractivity contribution >= 4 is 35.3 Å². The fraction of sp³-hybridized carbons (Fsp3) is 0.136. The zero-order valence-electron chi connectivity index (χ0n) is 17.4. The highest BCUT2D eigenvalue weighted by Crippen LogP contribution is 2.37. The Morgan fingerprint density at radius 3 is 2.61 bits per heavy atom. The number of hydrazone groups is 1. The number of rotatable bonds is 10. The minimum Gasteiger partial charge on any atom is -0.490 e. The number of pyridine rings is 1. The molecule has 0 unspecified atom stereocenters. The summed E-state index contributed by atoms with van der Waals surface area (Å²) >= 11 is 6.41. The highest BCUT2D eigenvalue weighted by Gasteiger charge is 2.13. The van der Waals surface area contributed by atoms with Crippen LogP contribution in [0.3, 0.4) is 0 Å². The molecule has 0 spiro atoms. The number of hydrogen-bond donors (Lipinski definition) is 2. The Labute approximate surface area is 193 Å². The Morgan fingerprint density at radius 2 is 2.00 bits per heavy atom. The normalized spacial score (nSPS) is 10.7. The lowest BCUT2D eigenvalue weighted by molar-refractivity contribution is -0.385. The van der Waals surface area contributed by atoms with Crippen LogP contribution in [0, 0.1) is 10.1 Å². The second-order valence-corrected chi connectivity index (χ2v) is 6.99. The molecule has 0 saturated heterocycles. The van der Waals surface area contributed by atoms with Crippen molar-refractivity contribution in [2.75, 3.05) is 12.0 Å². The van der Waals surface area contributed by atoms with Gasteiger partial charge in [-0.2, -0.15) is 5.10 Å². The number of nitro groups is 1. The lowest BCUT2D eigenvalue weighted by atomic mass is 10.1. The molecule has 170 valence electrons. The molecule has 1 heterocycles. The fourth-order valence-electron chi connectivity index (χ4n) is 2.70. The third-order valence-corrected chi connectivity index (χ3v) is 4.55. The maximum absolute atomic E-state index is 11.0. The first kappa shape index (κ1) is 23.5. The van der Waals surface area contributed by atoms with Crippen molar-refractivity contribution in [2.45, 2.75) is 13.5 Å². The van der Waals surface area contributed by atoms with Gasteiger partial charge in [-0.1, -0.05) is 23.7 Å². The zero-order chi connectivity index (χ0) is 23.8. The molecule has 1 aromatic heterocycles. The summed E-state index contributed by atoms with van der Waals surface area (Å²) in [5, 5.41) is 24.0. The van der Waals surface area contributed by atoms with Gasteiger partial charge in [0.1, 0.15) is 18.6 Å². The smallest absolute Gasteiger partial charge is 0.335 e. The van der Waals surface area contributed by atoms with Gasteiger partial charge >= 0.3 is 5.97 Å². The second-order valence-electron chi connectivity index (χ2n) is 6.58. The zero-order valence-corrected chi connectivity index (χ0v) is 18.2. The number of ether oxygens (including phenoxy) is 2. The predicted octanol–water partition coefficient (Wildman–Crippen LogP) is 4.77. The van der Waals surface area contributed by atoms with Crippen LogP contribution in [0.4, 0.5) is 11.5 Å². The molecule has 11 heteroatoms. The van der Waals surface area contributed by atoms with Crippen LogP contribution in [0.1, 0.15) is 28.4 Å². The molecule has 10 nitrogen and oxygen atoms in total. The highest BCUT2D eigenvalue weighted by molar-refractivity contribution is 6.32. The Balaban J connectivity index is 1.71. The van der Waals surface area contributed by atoms with Crippen LogP contribution in [0.15, 0.2) is 59.8 Å². The summed E-state index contributed by atoms with van der Waals surface area (Å²) in [5.74, 6) is 0.104. The van der Waals surface area contributed by atoms with Gasteiger partial charge in [-0.3, -0.25) is 15.5 Å². The molecule has 3 rings (SSSR count). The first-order valence-corrected chi connectivity index (χ1v) is 10.1. The van der Waals surface area contributed by atoms with E-state index >= 15 is 0 Å². The molecule has 0 aliphatic rings. The average Bonchev–Trinajstić information content (AvgIpc) is 2.79. The van der Waals surface area contributed by atoms with Gasteiger partial charge < -0.3 is 14.6 Å². The molecule has 0 aliphatic carbocycles. The Kier molecular flexibility index (Phi) is 7.77. The molecule has 0 radical (unpaired) electrons. The number of halogens is 1. The molecule has 3 aromatic rings. The van der Waals surface area contributed by atoms with E-state index in [2.05, 4.69) is 15.5 Å². The Hall–Kier alpha value is -4.18. The largest absolute Gasteiger partial charge is 0.490 e. The lowest BCUT2D eigenvalue weighted by Crippen LogP contribution is -2.02. The standard InChI is InChI=1S/C22H19ClN4O6/c1-2-32-19-10-15(11-25-26-20-8-7-17(12-24-20)27(30)31)9-18(23)21(19)33-13-14-3-5-16(6-4-14)22(28)29/h3-12H,2,13H2,1H3,(H,24,26)(H,28,29)/b25-11-. The molecule has 0 saturated carbocycles. The number of carboxylic acids is 1. The molecule has 0 aliphatic heterocycles. The number of carbonyl (C=O) groups is 1. The van der Waals surface area contributed by atoms with Crippen molar-refractivity contribution in [1.29, 1.82) is 0 Å². The van der Waals surface area contributed by atoms with E-state index in [-0.39, 0.29) is 17.9 Å². The Morgan fingerprint density at radius 1 is 1.24 bits per heavy atom. The molecule has 2 aromatic carbocycles. The van der Waals surface area contributed by atoms with E-state index in [4.69, 9.17) is 26.2 Å². The second kappa shape index (κ2) is 10.9. The van der Waals surface area contributed by atoms with Crippen LogP contribution in [0.2, 0.25) is 5.02 Å². The van der Waals surface area contributed by atoms with Gasteiger partial charge in [0, 0.05) is 6.07 Å². The third-order valence-electron chi connectivity index (χ3n) is 4.27. The minimum atomic E-state index is -1.000. The lowest BCUT2D eigenvalue weighted by Gasteiger charge is -2.14. The van der Waals surface area contributed by atoms with Crippen molar-refractivity contribution in [1.82, 2.24) is 4.98 Å². The molecule has 0 amide bonds. The van der Waals surface area contributed by atoms with Gasteiger partial charge in [-0.15, -0.1) is 0 Å². The predicted molar refractivity (Wildman–Crippen MR) is 122 cm³/mol. The summed E-state index contributed by atoms with van der Waals surface area (Å²) in [5.41, 5.74) is 4.14. The van der Waals surface area contributed by atoms with Gasteiger partial charge in [0.15, 0.2) is 11.5 Å². The molecule has 33 heavy (non-hydrogen) atoms. The summed E-state index contributed by atoms with van der Waals surface area (Å²) in [6, 6.07) is 12.4. The number of aromatic carboxylic acids is 1. The third kappa shape index (κ3) is 6.40. The van der Waals surface area contributed by atoms with Crippen LogP contribution in [-0.4, -0.2) is 33.8 Å². The number of benzene rings is 2. The summed E-state index contributed by atoms with van der Waals surface area (Å²) in [4.78, 5) is 25.0. The van der Waals surface area contributed by atoms with Crippen molar-refractivity contribution in [2.24, 2.45) is 5.10 Å². The van der Waals surface area contributed by atoms with E-state index in [9.17, 15) is 14.9 Å². The van der Waals surface area contributed by atoms with Gasteiger partial charge in [-0.05, 0) is 48.4 Å². The van der Waals surface area contributed by atoms with E-state index in [1.807, 2.05) is 6.92 Å². The molecule has 2 N–H and O–H groups in total. The SMILES string of the molecule is CCOc1cc(/C=N\Nc2ccc([N+](=O)[O-])cn2)cc(Cl)c1OCc1ccc(C(=O)O)cc1. The summed E-state index contributed by atoms with van der Waals surface area (Å²) in [6.45, 7) is 2.37.